The number of rotatable bonds is 8. The summed E-state index contributed by atoms with van der Waals surface area (Å²) in [4.78, 5) is 14.0. The molecule has 4 rings (SSSR count). The van der Waals surface area contributed by atoms with Gasteiger partial charge in [0.1, 0.15) is 11.8 Å². The van der Waals surface area contributed by atoms with Gasteiger partial charge in [0.15, 0.2) is 12.3 Å². The van der Waals surface area contributed by atoms with E-state index in [0.29, 0.717) is 18.0 Å². The number of carbonyl (C=O) groups excluding carboxylic acids is 1. The van der Waals surface area contributed by atoms with E-state index in [2.05, 4.69) is 34.2 Å². The van der Waals surface area contributed by atoms with Crippen LogP contribution in [0.25, 0.3) is 0 Å². The number of nitrogens with one attached hydrogen (secondary N) is 1. The lowest BCUT2D eigenvalue weighted by atomic mass is 10.1. The molecule has 0 fully saturated rings. The maximum atomic E-state index is 12.7. The molecule has 0 unspecified atom stereocenters. The quantitative estimate of drug-likeness (QED) is 0.433. The highest BCUT2D eigenvalue weighted by molar-refractivity contribution is 7.10. The van der Waals surface area contributed by atoms with E-state index >= 15 is 0 Å². The van der Waals surface area contributed by atoms with Crippen molar-refractivity contribution in [3.05, 3.63) is 113 Å². The zero-order valence-corrected chi connectivity index (χ0v) is 17.2. The predicted molar refractivity (Wildman–Crippen MR) is 121 cm³/mol. The summed E-state index contributed by atoms with van der Waals surface area (Å²) >= 11 is 1.70. The maximum absolute atomic E-state index is 12.7. The van der Waals surface area contributed by atoms with Crippen LogP contribution in [0.15, 0.2) is 102 Å². The monoisotopic (exact) mass is 415 g/mol. The second-order valence-electron chi connectivity index (χ2n) is 6.80. The van der Waals surface area contributed by atoms with E-state index in [-0.39, 0.29) is 11.9 Å². The Bertz CT molecular complexity index is 1070. The van der Waals surface area contributed by atoms with Gasteiger partial charge in [0.2, 0.25) is 0 Å². The molecule has 4 aromatic rings. The minimum Gasteiger partial charge on any atom is -0.455 e. The summed E-state index contributed by atoms with van der Waals surface area (Å²) < 4.78 is 5.94. The number of ether oxygens (including phenoxy) is 1. The van der Waals surface area contributed by atoms with E-state index in [9.17, 15) is 4.79 Å². The van der Waals surface area contributed by atoms with Gasteiger partial charge in [0.05, 0.1) is 10.6 Å². The van der Waals surface area contributed by atoms with Crippen LogP contribution in [0.2, 0.25) is 0 Å². The van der Waals surface area contributed by atoms with Gasteiger partial charge in [-0.05, 0) is 35.7 Å². The molecule has 1 amide bonds. The van der Waals surface area contributed by atoms with E-state index in [4.69, 9.17) is 4.74 Å². The van der Waals surface area contributed by atoms with Crippen LogP contribution in [0.5, 0.6) is 11.5 Å². The van der Waals surface area contributed by atoms with Crippen LogP contribution < -0.4 is 15.4 Å². The third kappa shape index (κ3) is 5.14. The summed E-state index contributed by atoms with van der Waals surface area (Å²) in [5.74, 6) is 1.28. The zero-order valence-electron chi connectivity index (χ0n) is 16.4. The van der Waals surface area contributed by atoms with E-state index in [1.165, 1.54) is 10.4 Å². The first-order valence-electron chi connectivity index (χ1n) is 9.83. The van der Waals surface area contributed by atoms with Gasteiger partial charge in [-0.3, -0.25) is 4.79 Å². The molecule has 3 N–H and O–H groups in total. The SMILES string of the molecule is O=C(C[NH2+][C@H](c1ccccc1)c1cccs1)Nc1ccccc1Oc1ccccc1. The Morgan fingerprint density at radius 1 is 0.867 bits per heavy atom. The number of hydrogen-bond donors (Lipinski definition) is 2. The number of thiophene rings is 1. The lowest BCUT2D eigenvalue weighted by Crippen LogP contribution is -2.87. The molecule has 0 spiro atoms. The van der Waals surface area contributed by atoms with Crippen molar-refractivity contribution in [2.45, 2.75) is 6.04 Å². The Morgan fingerprint density at radius 2 is 1.57 bits per heavy atom. The molecule has 5 heteroatoms. The first-order valence-corrected chi connectivity index (χ1v) is 10.7. The Balaban J connectivity index is 1.43. The summed E-state index contributed by atoms with van der Waals surface area (Å²) in [6, 6.07) is 31.5. The second kappa shape index (κ2) is 9.87. The van der Waals surface area contributed by atoms with Crippen molar-refractivity contribution in [1.82, 2.24) is 0 Å². The third-order valence-electron chi connectivity index (χ3n) is 4.68. The van der Waals surface area contributed by atoms with Gasteiger partial charge in [-0.25, -0.2) is 0 Å². The predicted octanol–water partition coefficient (Wildman–Crippen LogP) is 4.83. The van der Waals surface area contributed by atoms with E-state index in [1.807, 2.05) is 78.9 Å². The molecular formula is C25H23N2O2S+. The number of hydrogen-bond acceptors (Lipinski definition) is 3. The van der Waals surface area contributed by atoms with Crippen molar-refractivity contribution in [1.29, 1.82) is 0 Å². The summed E-state index contributed by atoms with van der Waals surface area (Å²) in [5, 5.41) is 7.12. The van der Waals surface area contributed by atoms with Crippen LogP contribution in [0.1, 0.15) is 16.5 Å². The Kier molecular flexibility index (Phi) is 6.54. The molecule has 1 aromatic heterocycles. The number of para-hydroxylation sites is 3. The van der Waals surface area contributed by atoms with Crippen LogP contribution in [-0.2, 0) is 4.79 Å². The molecule has 4 nitrogen and oxygen atoms in total. The van der Waals surface area contributed by atoms with Gasteiger partial charge in [-0.15, -0.1) is 11.3 Å². The Hall–Kier alpha value is -3.41. The average molecular weight is 416 g/mol. The number of amides is 1. The zero-order chi connectivity index (χ0) is 20.6. The van der Waals surface area contributed by atoms with Gasteiger partial charge in [-0.1, -0.05) is 66.7 Å². The van der Waals surface area contributed by atoms with Crippen LogP contribution in [0, 0.1) is 0 Å². The molecule has 0 radical (unpaired) electrons. The minimum atomic E-state index is -0.0726. The highest BCUT2D eigenvalue weighted by Gasteiger charge is 2.20. The van der Waals surface area contributed by atoms with E-state index in [0.717, 1.165) is 5.75 Å². The fraction of sp³-hybridized carbons (Fsp3) is 0.0800. The highest BCUT2D eigenvalue weighted by atomic mass is 32.1. The molecule has 0 saturated carbocycles. The van der Waals surface area contributed by atoms with Gasteiger partial charge in [0.25, 0.3) is 5.91 Å². The van der Waals surface area contributed by atoms with Gasteiger partial charge in [0, 0.05) is 5.56 Å². The summed E-state index contributed by atoms with van der Waals surface area (Å²) in [6.07, 6.45) is 0. The lowest BCUT2D eigenvalue weighted by molar-refractivity contribution is -0.675. The molecule has 0 bridgehead atoms. The summed E-state index contributed by atoms with van der Waals surface area (Å²) in [5.41, 5.74) is 1.84. The molecule has 30 heavy (non-hydrogen) atoms. The van der Waals surface area contributed by atoms with Crippen molar-refractivity contribution >= 4 is 22.9 Å². The van der Waals surface area contributed by atoms with Gasteiger partial charge < -0.3 is 15.4 Å². The van der Waals surface area contributed by atoms with Crippen LogP contribution >= 0.6 is 11.3 Å². The summed E-state index contributed by atoms with van der Waals surface area (Å²) in [7, 11) is 0. The molecule has 1 atom stereocenters. The Labute approximate surface area is 180 Å². The van der Waals surface area contributed by atoms with Gasteiger partial charge >= 0.3 is 0 Å². The molecular weight excluding hydrogens is 392 g/mol. The van der Waals surface area contributed by atoms with E-state index < -0.39 is 0 Å². The Morgan fingerprint density at radius 3 is 2.30 bits per heavy atom. The maximum Gasteiger partial charge on any atom is 0.279 e. The first-order chi connectivity index (χ1) is 14.8. The molecule has 0 aliphatic rings. The third-order valence-corrected chi connectivity index (χ3v) is 5.63. The fourth-order valence-corrected chi connectivity index (χ4v) is 4.10. The number of quaternary nitrogens is 1. The summed E-state index contributed by atoms with van der Waals surface area (Å²) in [6.45, 7) is 0.303. The normalized spacial score (nSPS) is 11.6. The second-order valence-corrected chi connectivity index (χ2v) is 7.78. The smallest absolute Gasteiger partial charge is 0.279 e. The number of nitrogens with two attached hydrogens (primary N) is 1. The van der Waals surface area contributed by atoms with Crippen molar-refractivity contribution in [3.63, 3.8) is 0 Å². The fourth-order valence-electron chi connectivity index (χ4n) is 3.25. The van der Waals surface area contributed by atoms with Crippen LogP contribution in [0.4, 0.5) is 5.69 Å². The van der Waals surface area contributed by atoms with Crippen molar-refractivity contribution in [2.24, 2.45) is 0 Å². The van der Waals surface area contributed by atoms with Gasteiger partial charge in [-0.2, -0.15) is 0 Å². The van der Waals surface area contributed by atoms with Crippen molar-refractivity contribution < 1.29 is 14.8 Å². The van der Waals surface area contributed by atoms with E-state index in [1.54, 1.807) is 11.3 Å². The molecule has 1 heterocycles. The minimum absolute atomic E-state index is 0.0726. The molecule has 0 aliphatic carbocycles. The van der Waals surface area contributed by atoms with Crippen molar-refractivity contribution in [2.75, 3.05) is 11.9 Å². The highest BCUT2D eigenvalue weighted by Crippen LogP contribution is 2.29. The average Bonchev–Trinajstić information content (AvgIpc) is 3.31. The van der Waals surface area contributed by atoms with Crippen LogP contribution in [0.3, 0.4) is 0 Å². The molecule has 0 saturated heterocycles. The molecule has 0 aliphatic heterocycles. The number of carbonyl (C=O) groups is 1. The first kappa shape index (κ1) is 19.9. The van der Waals surface area contributed by atoms with Crippen LogP contribution in [-0.4, -0.2) is 12.5 Å². The molecule has 150 valence electrons. The number of benzene rings is 3. The lowest BCUT2D eigenvalue weighted by Gasteiger charge is -2.15. The van der Waals surface area contributed by atoms with Crippen molar-refractivity contribution in [3.8, 4) is 11.5 Å². The molecule has 3 aromatic carbocycles. The topological polar surface area (TPSA) is 54.9 Å². The largest absolute Gasteiger partial charge is 0.455 e. The standard InChI is InChI=1S/C25H22N2O2S/c28-24(18-26-25(23-16-9-17-30-23)19-10-3-1-4-11-19)27-21-14-7-8-15-22(21)29-20-12-5-2-6-13-20/h1-17,25-26H,18H2,(H,27,28)/p+1/t25-/m1/s1. The number of anilines is 1.